The van der Waals surface area contributed by atoms with Gasteiger partial charge in [0.1, 0.15) is 11.5 Å². The zero-order chi connectivity index (χ0) is 39.7. The van der Waals surface area contributed by atoms with E-state index in [0.717, 1.165) is 31.7 Å². The van der Waals surface area contributed by atoms with Gasteiger partial charge in [0.25, 0.3) is 0 Å². The van der Waals surface area contributed by atoms with E-state index in [1.165, 1.54) is 16.9 Å². The Kier molecular flexibility index (Phi) is 8.63. The predicted molar refractivity (Wildman–Crippen MR) is 219 cm³/mol. The maximum Gasteiger partial charge on any atom is 0.242 e. The van der Waals surface area contributed by atoms with Crippen LogP contribution in [0.2, 0.25) is 10.0 Å². The topological polar surface area (TPSA) is 122 Å². The molecule has 2 saturated heterocycles. The largest absolute Gasteiger partial charge is 0.504 e. The molecule has 6 atom stereocenters. The van der Waals surface area contributed by atoms with E-state index in [1.807, 2.05) is 38.1 Å². The van der Waals surface area contributed by atoms with Crippen molar-refractivity contribution in [3.8, 4) is 22.1 Å². The third-order valence-corrected chi connectivity index (χ3v) is 14.9. The minimum Gasteiger partial charge on any atom is -0.504 e. The highest BCUT2D eigenvalue weighted by Crippen LogP contribution is 2.65. The molecule has 56 heavy (non-hydrogen) atoms. The number of thiophene rings is 1. The van der Waals surface area contributed by atoms with Gasteiger partial charge in [0.2, 0.25) is 23.6 Å². The minimum absolute atomic E-state index is 0.148. The number of aromatic nitrogens is 2. The van der Waals surface area contributed by atoms with Crippen LogP contribution in [0.3, 0.4) is 0 Å². The van der Waals surface area contributed by atoms with Crippen molar-refractivity contribution in [2.24, 2.45) is 36.1 Å². The summed E-state index contributed by atoms with van der Waals surface area (Å²) in [5, 5.41) is 18.6. The fourth-order valence-corrected chi connectivity index (χ4v) is 11.7. The third-order valence-electron chi connectivity index (χ3n) is 12.5. The van der Waals surface area contributed by atoms with Crippen molar-refractivity contribution in [1.29, 1.82) is 0 Å². The molecule has 9 rings (SSSR count). The van der Waals surface area contributed by atoms with E-state index in [4.69, 9.17) is 33.0 Å². The summed E-state index contributed by atoms with van der Waals surface area (Å²) in [6.07, 6.45) is 2.34. The zero-order valence-corrected chi connectivity index (χ0v) is 34.8. The van der Waals surface area contributed by atoms with Gasteiger partial charge in [-0.15, -0.1) is 11.3 Å². The molecule has 4 aliphatic rings. The second-order valence-corrected chi connectivity index (χ2v) is 18.2. The van der Waals surface area contributed by atoms with E-state index in [2.05, 4.69) is 15.9 Å². The lowest BCUT2D eigenvalue weighted by atomic mass is 9.51. The average Bonchev–Trinajstić information content (AvgIpc) is 3.83. The van der Waals surface area contributed by atoms with Gasteiger partial charge >= 0.3 is 0 Å². The number of amides is 4. The number of rotatable bonds is 5. The summed E-state index contributed by atoms with van der Waals surface area (Å²) in [6, 6.07) is 16.0. The highest BCUT2D eigenvalue weighted by atomic mass is 79.9. The number of phenols is 1. The number of methoxy groups -OCH3 is 1. The number of phenolic OH excluding ortho intramolecular Hbond substituents is 1. The van der Waals surface area contributed by atoms with Gasteiger partial charge in [0.05, 0.1) is 40.8 Å². The fourth-order valence-electron chi connectivity index (χ4n) is 9.74. The lowest BCUT2D eigenvalue weighted by molar-refractivity contribution is -0.131. The standard InChI is InChI=1S/C42H35BrCl2N4O6S/c1-18-6-8-22(15-29(18)45)48-38(51)24-10-9-23-26(34(24)40(48)53)16-28-39(52)49(41(54)42(28,3)35(23)27-12-20(43)13-31(55-5)36(27)50)33-17-30(46-47(33)4)37-19(2)25-14-21(44)7-11-32(25)56-37/h6-9,11-15,17,24,26,28,34-35,50H,10,16H2,1-5H3. The Morgan fingerprint density at radius 3 is 2.46 bits per heavy atom. The van der Waals surface area contributed by atoms with Crippen LogP contribution in [-0.2, 0) is 26.2 Å². The number of halogens is 3. The van der Waals surface area contributed by atoms with Crippen molar-refractivity contribution in [3.63, 3.8) is 0 Å². The molecule has 1 N–H and O–H groups in total. The molecular weight excluding hydrogens is 839 g/mol. The molecule has 286 valence electrons. The van der Waals surface area contributed by atoms with Crippen LogP contribution in [0, 0.1) is 42.9 Å². The van der Waals surface area contributed by atoms with Gasteiger partial charge in [-0.2, -0.15) is 5.10 Å². The fraction of sp³-hybridized carbons (Fsp3) is 0.310. The molecule has 2 aromatic heterocycles. The first-order valence-electron chi connectivity index (χ1n) is 18.2. The van der Waals surface area contributed by atoms with Crippen LogP contribution in [0.1, 0.15) is 42.4 Å². The summed E-state index contributed by atoms with van der Waals surface area (Å²) in [6.45, 7) is 5.62. The number of hydrogen-bond acceptors (Lipinski definition) is 8. The van der Waals surface area contributed by atoms with Crippen molar-refractivity contribution in [2.75, 3.05) is 16.9 Å². The molecule has 5 aromatic rings. The smallest absolute Gasteiger partial charge is 0.242 e. The van der Waals surface area contributed by atoms with Crippen molar-refractivity contribution in [2.45, 2.75) is 39.5 Å². The van der Waals surface area contributed by atoms with Gasteiger partial charge in [-0.05, 0) is 98.5 Å². The Morgan fingerprint density at radius 2 is 1.73 bits per heavy atom. The summed E-state index contributed by atoms with van der Waals surface area (Å²) in [5.74, 6) is -5.09. The normalized spacial score (nSPS) is 25.9. The number of hydrogen-bond donors (Lipinski definition) is 1. The van der Waals surface area contributed by atoms with Crippen LogP contribution in [0.15, 0.2) is 70.7 Å². The first-order chi connectivity index (χ1) is 26.6. The van der Waals surface area contributed by atoms with Crippen molar-refractivity contribution in [3.05, 3.63) is 97.5 Å². The SMILES string of the molecule is COc1cc(Br)cc(C2C3=CCC4C(=O)N(c5ccc(C)c(Cl)c5)C(=O)C4C3CC3C(=O)N(c4cc(-c5sc6ccc(Cl)cc6c5C)nn4C)C(=O)C32C)c1O. The Morgan fingerprint density at radius 1 is 0.964 bits per heavy atom. The average molecular weight is 875 g/mol. The number of aryl methyl sites for hydroxylation is 3. The molecule has 1 saturated carbocycles. The summed E-state index contributed by atoms with van der Waals surface area (Å²) < 4.78 is 8.73. The van der Waals surface area contributed by atoms with Crippen molar-refractivity contribution in [1.82, 2.24) is 9.78 Å². The monoisotopic (exact) mass is 872 g/mol. The number of fused-ring (bicyclic) bond motifs is 5. The minimum atomic E-state index is -1.40. The van der Waals surface area contributed by atoms with E-state index < -0.39 is 46.8 Å². The number of ether oxygens (including phenoxy) is 1. The molecule has 2 aliphatic carbocycles. The molecule has 10 nitrogen and oxygen atoms in total. The maximum atomic E-state index is 15.2. The lowest BCUT2D eigenvalue weighted by Crippen LogP contribution is -2.49. The van der Waals surface area contributed by atoms with Crippen LogP contribution < -0.4 is 14.5 Å². The molecule has 6 unspecified atom stereocenters. The number of carbonyl (C=O) groups excluding carboxylic acids is 4. The lowest BCUT2D eigenvalue weighted by Gasteiger charge is -2.49. The highest BCUT2D eigenvalue weighted by Gasteiger charge is 2.68. The molecule has 0 radical (unpaired) electrons. The number of anilines is 2. The Hall–Kier alpha value is -4.49. The Bertz CT molecular complexity index is 2640. The van der Waals surface area contributed by atoms with Crippen LogP contribution in [0.5, 0.6) is 11.5 Å². The van der Waals surface area contributed by atoms with Gasteiger partial charge in [0, 0.05) is 43.8 Å². The van der Waals surface area contributed by atoms with E-state index in [0.29, 0.717) is 37.3 Å². The van der Waals surface area contributed by atoms with Crippen molar-refractivity contribution >= 4 is 95.7 Å². The molecule has 4 amide bonds. The summed E-state index contributed by atoms with van der Waals surface area (Å²) in [4.78, 5) is 62.1. The number of benzene rings is 3. The van der Waals surface area contributed by atoms with Crippen LogP contribution in [-0.4, -0.2) is 45.6 Å². The van der Waals surface area contributed by atoms with Crippen LogP contribution >= 0.6 is 50.5 Å². The van der Waals surface area contributed by atoms with E-state index in [9.17, 15) is 19.5 Å². The molecule has 3 fully saturated rings. The third kappa shape index (κ3) is 5.14. The van der Waals surface area contributed by atoms with Gasteiger partial charge in [-0.3, -0.25) is 23.9 Å². The Balaban J connectivity index is 1.18. The molecular formula is C42H35BrCl2N4O6S. The van der Waals surface area contributed by atoms with Gasteiger partial charge < -0.3 is 9.84 Å². The zero-order valence-electron chi connectivity index (χ0n) is 30.9. The van der Waals surface area contributed by atoms with Crippen molar-refractivity contribution < 1.29 is 29.0 Å². The number of nitrogens with zero attached hydrogens (tertiary/aromatic N) is 4. The van der Waals surface area contributed by atoms with Gasteiger partial charge in [-0.25, -0.2) is 9.80 Å². The van der Waals surface area contributed by atoms with Gasteiger partial charge in [0.15, 0.2) is 11.5 Å². The summed E-state index contributed by atoms with van der Waals surface area (Å²) >= 11 is 17.9. The number of carbonyl (C=O) groups is 4. The predicted octanol–water partition coefficient (Wildman–Crippen LogP) is 9.14. The number of aromatic hydroxyl groups is 1. The van der Waals surface area contributed by atoms with E-state index in [-0.39, 0.29) is 36.2 Å². The second kappa shape index (κ2) is 13.0. The molecule has 3 aromatic carbocycles. The molecule has 2 aliphatic heterocycles. The summed E-state index contributed by atoms with van der Waals surface area (Å²) in [7, 11) is 3.14. The quantitative estimate of drug-likeness (QED) is 0.138. The van der Waals surface area contributed by atoms with E-state index >= 15 is 4.79 Å². The Labute approximate surface area is 344 Å². The molecule has 14 heteroatoms. The first kappa shape index (κ1) is 37.1. The second-order valence-electron chi connectivity index (χ2n) is 15.4. The first-order valence-corrected chi connectivity index (χ1v) is 20.5. The highest BCUT2D eigenvalue weighted by molar-refractivity contribution is 9.10. The van der Waals surface area contributed by atoms with Crippen LogP contribution in [0.25, 0.3) is 20.7 Å². The maximum absolute atomic E-state index is 15.2. The molecule has 0 spiro atoms. The summed E-state index contributed by atoms with van der Waals surface area (Å²) in [5.41, 5.74) is 2.51. The molecule has 0 bridgehead atoms. The van der Waals surface area contributed by atoms with Crippen LogP contribution in [0.4, 0.5) is 11.5 Å². The van der Waals surface area contributed by atoms with E-state index in [1.54, 1.807) is 66.4 Å². The number of imide groups is 2. The van der Waals surface area contributed by atoms with Gasteiger partial charge in [-0.1, -0.05) is 56.8 Å². The number of allylic oxidation sites excluding steroid dienone is 2. The molecule has 4 heterocycles.